The van der Waals surface area contributed by atoms with Crippen LogP contribution in [0.5, 0.6) is 0 Å². The van der Waals surface area contributed by atoms with Crippen LogP contribution in [0.3, 0.4) is 0 Å². The van der Waals surface area contributed by atoms with Crippen molar-refractivity contribution in [2.24, 2.45) is 13.0 Å². The summed E-state index contributed by atoms with van der Waals surface area (Å²) in [6, 6.07) is 14.1. The van der Waals surface area contributed by atoms with Gasteiger partial charge in [-0.25, -0.2) is 4.98 Å². The Hall–Kier alpha value is -3.05. The van der Waals surface area contributed by atoms with Crippen LogP contribution < -0.4 is 0 Å². The number of carbonyl (C=O) groups excluding carboxylic acids is 2. The Morgan fingerprint density at radius 3 is 2.45 bits per heavy atom. The number of hydrogen-bond donors (Lipinski definition) is 1. The van der Waals surface area contributed by atoms with E-state index in [4.69, 9.17) is 0 Å². The number of aryl methyl sites for hydroxylation is 2. The molecule has 3 rings (SSSR count). The third-order valence-electron chi connectivity index (χ3n) is 4.95. The molecule has 0 atom stereocenters. The first-order valence-corrected chi connectivity index (χ1v) is 10.6. The summed E-state index contributed by atoms with van der Waals surface area (Å²) < 4.78 is 2.01. The first kappa shape index (κ1) is 24.2. The van der Waals surface area contributed by atoms with E-state index in [0.717, 1.165) is 51.9 Å². The molecule has 0 unspecified atom stereocenters. The predicted octanol–water partition coefficient (Wildman–Crippen LogP) is 4.90. The van der Waals surface area contributed by atoms with E-state index < -0.39 is 0 Å². The van der Waals surface area contributed by atoms with Crippen molar-refractivity contribution in [2.45, 2.75) is 40.5 Å². The Kier molecular flexibility index (Phi) is 8.88. The smallest absolute Gasteiger partial charge is 0.160 e. The molecule has 1 aromatic heterocycles. The first-order chi connectivity index (χ1) is 14.8. The van der Waals surface area contributed by atoms with Crippen LogP contribution in [0.1, 0.15) is 49.2 Å². The van der Waals surface area contributed by atoms with Gasteiger partial charge in [-0.05, 0) is 43.0 Å². The maximum absolute atomic E-state index is 11.8. The molecule has 31 heavy (non-hydrogen) atoms. The third kappa shape index (κ3) is 6.22. The Balaban J connectivity index is 0.000000614. The van der Waals surface area contributed by atoms with E-state index in [9.17, 15) is 14.7 Å². The van der Waals surface area contributed by atoms with Crippen LogP contribution in [0.15, 0.2) is 48.8 Å². The average molecular weight is 421 g/mol. The second-order valence-corrected chi connectivity index (χ2v) is 7.89. The molecule has 0 saturated carbocycles. The van der Waals surface area contributed by atoms with Crippen molar-refractivity contribution in [1.29, 1.82) is 0 Å². The van der Waals surface area contributed by atoms with Crippen molar-refractivity contribution in [2.75, 3.05) is 6.61 Å². The summed E-state index contributed by atoms with van der Waals surface area (Å²) in [5, 5.41) is 9.21. The molecular weight excluding hydrogens is 388 g/mol. The Morgan fingerprint density at radius 1 is 1.16 bits per heavy atom. The number of rotatable bonds is 7. The highest BCUT2D eigenvalue weighted by Gasteiger charge is 2.16. The highest BCUT2D eigenvalue weighted by Crippen LogP contribution is 2.32. The van der Waals surface area contributed by atoms with Gasteiger partial charge in [0.1, 0.15) is 6.29 Å². The van der Waals surface area contributed by atoms with Gasteiger partial charge in [0, 0.05) is 36.3 Å². The molecular formula is C26H32N2O3. The maximum Gasteiger partial charge on any atom is 0.160 e. The van der Waals surface area contributed by atoms with Crippen molar-refractivity contribution in [3.63, 3.8) is 0 Å². The lowest BCUT2D eigenvalue weighted by Crippen LogP contribution is -1.99. The number of hydrogen-bond acceptors (Lipinski definition) is 4. The zero-order valence-electron chi connectivity index (χ0n) is 19.1. The van der Waals surface area contributed by atoms with Crippen LogP contribution in [0, 0.1) is 5.92 Å². The van der Waals surface area contributed by atoms with E-state index in [0.29, 0.717) is 6.42 Å². The number of nitrogens with zero attached hydrogens (tertiary/aromatic N) is 2. The van der Waals surface area contributed by atoms with Gasteiger partial charge in [0.15, 0.2) is 5.78 Å². The van der Waals surface area contributed by atoms with Crippen LogP contribution in [0.25, 0.3) is 22.5 Å². The molecule has 1 N–H and O–H groups in total. The second-order valence-electron chi connectivity index (χ2n) is 7.89. The van der Waals surface area contributed by atoms with Crippen LogP contribution >= 0.6 is 0 Å². The van der Waals surface area contributed by atoms with Crippen molar-refractivity contribution in [3.8, 4) is 22.5 Å². The van der Waals surface area contributed by atoms with Gasteiger partial charge in [0.2, 0.25) is 0 Å². The highest BCUT2D eigenvalue weighted by molar-refractivity contribution is 5.96. The lowest BCUT2D eigenvalue weighted by Gasteiger charge is -2.11. The molecule has 164 valence electrons. The molecule has 0 aliphatic carbocycles. The molecule has 2 aromatic carbocycles. The van der Waals surface area contributed by atoms with Crippen molar-refractivity contribution in [3.05, 3.63) is 65.5 Å². The van der Waals surface area contributed by atoms with Crippen LogP contribution in [-0.2, 0) is 24.7 Å². The SMILES string of the molecule is CC(C)C=O.CCc1cc(-c2ncn(C)c2-c2cccc(CCO)c2)ccc1C(C)=O. The van der Waals surface area contributed by atoms with Gasteiger partial charge in [-0.3, -0.25) is 4.79 Å². The number of benzene rings is 2. The number of aldehydes is 1. The number of carbonyl (C=O) groups is 2. The molecule has 0 spiro atoms. The minimum atomic E-state index is 0.0892. The monoisotopic (exact) mass is 420 g/mol. The van der Waals surface area contributed by atoms with Crippen molar-refractivity contribution >= 4 is 12.1 Å². The van der Waals surface area contributed by atoms with Gasteiger partial charge in [-0.2, -0.15) is 0 Å². The van der Waals surface area contributed by atoms with Crippen molar-refractivity contribution in [1.82, 2.24) is 9.55 Å². The van der Waals surface area contributed by atoms with E-state index in [-0.39, 0.29) is 18.3 Å². The van der Waals surface area contributed by atoms with Gasteiger partial charge in [0.05, 0.1) is 17.7 Å². The number of aromatic nitrogens is 2. The third-order valence-corrected chi connectivity index (χ3v) is 4.95. The fraction of sp³-hybridized carbons (Fsp3) is 0.346. The van der Waals surface area contributed by atoms with Crippen molar-refractivity contribution < 1.29 is 14.7 Å². The molecule has 0 saturated heterocycles. The number of aliphatic hydroxyl groups excluding tert-OH is 1. The molecule has 1 heterocycles. The quantitative estimate of drug-likeness (QED) is 0.436. The minimum Gasteiger partial charge on any atom is -0.396 e. The lowest BCUT2D eigenvalue weighted by atomic mass is 9.96. The molecule has 0 bridgehead atoms. The average Bonchev–Trinajstić information content (AvgIpc) is 3.15. The summed E-state index contributed by atoms with van der Waals surface area (Å²) >= 11 is 0. The Morgan fingerprint density at radius 2 is 1.87 bits per heavy atom. The molecule has 0 aliphatic rings. The largest absolute Gasteiger partial charge is 0.396 e. The van der Waals surface area contributed by atoms with E-state index in [1.807, 2.05) is 56.1 Å². The normalized spacial score (nSPS) is 10.5. The van der Waals surface area contributed by atoms with Gasteiger partial charge in [0.25, 0.3) is 0 Å². The number of Topliss-reactive ketones (excluding diaryl/α,β-unsaturated/α-hetero) is 1. The lowest BCUT2D eigenvalue weighted by molar-refractivity contribution is -0.110. The van der Waals surface area contributed by atoms with Gasteiger partial charge < -0.3 is 14.5 Å². The number of ketones is 1. The fourth-order valence-corrected chi connectivity index (χ4v) is 3.36. The standard InChI is InChI=1S/C22H24N2O2.C4H8O/c1-4-17-13-18(8-9-20(17)15(2)26)21-22(24(3)14-23-21)19-7-5-6-16(12-19)10-11-25;1-4(2)3-5/h5-9,12-14,25H,4,10-11H2,1-3H3;3-4H,1-2H3. The maximum atomic E-state index is 11.8. The summed E-state index contributed by atoms with van der Waals surface area (Å²) in [4.78, 5) is 25.9. The number of imidazole rings is 1. The zero-order chi connectivity index (χ0) is 23.0. The molecule has 0 amide bonds. The Bertz CT molecular complexity index is 1030. The van der Waals surface area contributed by atoms with Gasteiger partial charge >= 0.3 is 0 Å². The van der Waals surface area contributed by atoms with Crippen LogP contribution in [0.4, 0.5) is 0 Å². The summed E-state index contributed by atoms with van der Waals surface area (Å²) in [5.41, 5.74) is 6.92. The zero-order valence-corrected chi connectivity index (χ0v) is 19.1. The topological polar surface area (TPSA) is 72.2 Å². The van der Waals surface area contributed by atoms with Crippen LogP contribution in [-0.4, -0.2) is 33.3 Å². The molecule has 0 radical (unpaired) electrons. The molecule has 0 fully saturated rings. The van der Waals surface area contributed by atoms with E-state index in [2.05, 4.69) is 30.1 Å². The first-order valence-electron chi connectivity index (χ1n) is 10.6. The Labute approximate surface area is 184 Å². The minimum absolute atomic E-state index is 0.0892. The summed E-state index contributed by atoms with van der Waals surface area (Å²) in [6.07, 6.45) is 4.17. The summed E-state index contributed by atoms with van der Waals surface area (Å²) in [5.74, 6) is 0.293. The molecule has 5 heteroatoms. The van der Waals surface area contributed by atoms with Gasteiger partial charge in [-0.1, -0.05) is 51.1 Å². The predicted molar refractivity (Wildman–Crippen MR) is 125 cm³/mol. The van der Waals surface area contributed by atoms with E-state index in [1.54, 1.807) is 6.92 Å². The highest BCUT2D eigenvalue weighted by atomic mass is 16.3. The van der Waals surface area contributed by atoms with E-state index >= 15 is 0 Å². The van der Waals surface area contributed by atoms with E-state index in [1.165, 1.54) is 0 Å². The fourth-order valence-electron chi connectivity index (χ4n) is 3.36. The van der Waals surface area contributed by atoms with Gasteiger partial charge in [-0.15, -0.1) is 0 Å². The second kappa shape index (κ2) is 11.4. The summed E-state index contributed by atoms with van der Waals surface area (Å²) in [6.45, 7) is 7.50. The molecule has 3 aromatic rings. The number of aliphatic hydroxyl groups is 1. The molecule has 5 nitrogen and oxygen atoms in total. The summed E-state index contributed by atoms with van der Waals surface area (Å²) in [7, 11) is 1.98. The van der Waals surface area contributed by atoms with Crippen LogP contribution in [0.2, 0.25) is 0 Å². The molecule has 0 aliphatic heterocycles.